The molecule has 0 aliphatic carbocycles. The fraction of sp³-hybridized carbons (Fsp3) is 0. The van der Waals surface area contributed by atoms with E-state index in [-0.39, 0.29) is 0 Å². The highest BCUT2D eigenvalue weighted by molar-refractivity contribution is 5.89. The standard InChI is InChI=1S/C11H9N/c1-2-5-11-10-7-4-3-6-9(10)8-12-11/h3-8,12H,1H2. The molecule has 1 N–H and O–H groups in total. The van der Waals surface area contributed by atoms with E-state index in [0.29, 0.717) is 0 Å². The molecule has 0 radical (unpaired) electrons. The highest BCUT2D eigenvalue weighted by Crippen LogP contribution is 2.17. The quantitative estimate of drug-likeness (QED) is 0.609. The summed E-state index contributed by atoms with van der Waals surface area (Å²) in [5.41, 5.74) is 3.83. The second-order valence-electron chi connectivity index (χ2n) is 2.64. The molecule has 1 heteroatoms. The first-order chi connectivity index (χ1) is 5.92. The highest BCUT2D eigenvalue weighted by atomic mass is 14.7. The maximum Gasteiger partial charge on any atom is 0.0538 e. The van der Waals surface area contributed by atoms with Crippen LogP contribution in [0, 0.1) is 0 Å². The number of hydrogen-bond acceptors (Lipinski definition) is 0. The van der Waals surface area contributed by atoms with Gasteiger partial charge in [-0.05, 0) is 5.39 Å². The van der Waals surface area contributed by atoms with E-state index < -0.39 is 0 Å². The third-order valence-electron chi connectivity index (χ3n) is 1.88. The van der Waals surface area contributed by atoms with Gasteiger partial charge in [0.2, 0.25) is 0 Å². The molecular weight excluding hydrogens is 146 g/mol. The van der Waals surface area contributed by atoms with Gasteiger partial charge in [0.25, 0.3) is 0 Å². The van der Waals surface area contributed by atoms with Gasteiger partial charge in [-0.3, -0.25) is 0 Å². The topological polar surface area (TPSA) is 15.8 Å². The average molecular weight is 155 g/mol. The van der Waals surface area contributed by atoms with Crippen molar-refractivity contribution in [3.63, 3.8) is 0 Å². The third kappa shape index (κ3) is 0.969. The summed E-state index contributed by atoms with van der Waals surface area (Å²) < 4.78 is 0. The number of aromatic amines is 1. The molecule has 0 atom stereocenters. The van der Waals surface area contributed by atoms with E-state index in [1.165, 1.54) is 10.8 Å². The molecule has 0 saturated carbocycles. The van der Waals surface area contributed by atoms with Crippen LogP contribution in [0.15, 0.2) is 42.8 Å². The molecule has 0 saturated heterocycles. The molecule has 0 fully saturated rings. The van der Waals surface area contributed by atoms with Crippen LogP contribution in [0.4, 0.5) is 0 Å². The first-order valence-corrected chi connectivity index (χ1v) is 3.84. The lowest BCUT2D eigenvalue weighted by molar-refractivity contribution is 1.39. The van der Waals surface area contributed by atoms with Gasteiger partial charge >= 0.3 is 0 Å². The normalized spacial score (nSPS) is 9.67. The van der Waals surface area contributed by atoms with Crippen LogP contribution in [0.3, 0.4) is 0 Å². The Morgan fingerprint density at radius 2 is 2.17 bits per heavy atom. The first-order valence-electron chi connectivity index (χ1n) is 3.84. The molecule has 0 unspecified atom stereocenters. The Hall–Kier alpha value is -1.72. The molecule has 1 aromatic carbocycles. The van der Waals surface area contributed by atoms with Crippen LogP contribution in [0.1, 0.15) is 5.69 Å². The number of hydrogen-bond donors (Lipinski definition) is 1. The molecule has 0 bridgehead atoms. The average Bonchev–Trinajstić information content (AvgIpc) is 2.50. The van der Waals surface area contributed by atoms with Crippen LogP contribution in [0.25, 0.3) is 16.8 Å². The summed E-state index contributed by atoms with van der Waals surface area (Å²) in [7, 11) is 0. The Labute approximate surface area is 71.0 Å². The molecule has 2 rings (SSSR count). The Morgan fingerprint density at radius 3 is 3.00 bits per heavy atom. The Kier molecular flexibility index (Phi) is 1.58. The van der Waals surface area contributed by atoms with Crippen molar-refractivity contribution in [3.8, 4) is 0 Å². The lowest BCUT2D eigenvalue weighted by Gasteiger charge is -1.88. The van der Waals surface area contributed by atoms with Gasteiger partial charge in [-0.1, -0.05) is 30.8 Å². The Bertz CT molecular complexity index is 445. The van der Waals surface area contributed by atoms with Crippen LogP contribution in [-0.2, 0) is 0 Å². The smallest absolute Gasteiger partial charge is 0.0538 e. The van der Waals surface area contributed by atoms with Crippen molar-refractivity contribution in [3.05, 3.63) is 48.5 Å². The zero-order chi connectivity index (χ0) is 8.39. The lowest BCUT2D eigenvalue weighted by Crippen LogP contribution is -1.68. The third-order valence-corrected chi connectivity index (χ3v) is 1.88. The number of nitrogens with one attached hydrogen (secondary N) is 1. The lowest BCUT2D eigenvalue weighted by atomic mass is 10.2. The molecule has 1 nitrogen and oxygen atoms in total. The van der Waals surface area contributed by atoms with E-state index in [9.17, 15) is 0 Å². The van der Waals surface area contributed by atoms with E-state index in [1.807, 2.05) is 24.4 Å². The van der Waals surface area contributed by atoms with E-state index in [1.54, 1.807) is 0 Å². The van der Waals surface area contributed by atoms with E-state index in [0.717, 1.165) is 5.69 Å². The van der Waals surface area contributed by atoms with Crippen molar-refractivity contribution in [1.82, 2.24) is 4.98 Å². The van der Waals surface area contributed by atoms with Crippen molar-refractivity contribution in [2.45, 2.75) is 0 Å². The van der Waals surface area contributed by atoms with Gasteiger partial charge in [-0.2, -0.15) is 0 Å². The maximum absolute atomic E-state index is 3.54. The van der Waals surface area contributed by atoms with E-state index >= 15 is 0 Å². The van der Waals surface area contributed by atoms with E-state index in [4.69, 9.17) is 0 Å². The van der Waals surface area contributed by atoms with Crippen molar-refractivity contribution < 1.29 is 0 Å². The van der Waals surface area contributed by atoms with Gasteiger partial charge in [0.15, 0.2) is 0 Å². The molecule has 0 aliphatic heterocycles. The monoisotopic (exact) mass is 155 g/mol. The minimum Gasteiger partial charge on any atom is -0.360 e. The molecule has 0 aliphatic rings. The fourth-order valence-corrected chi connectivity index (χ4v) is 1.32. The Morgan fingerprint density at radius 1 is 1.33 bits per heavy atom. The van der Waals surface area contributed by atoms with Crippen molar-refractivity contribution in [1.29, 1.82) is 0 Å². The second kappa shape index (κ2) is 2.72. The fourth-order valence-electron chi connectivity index (χ4n) is 1.32. The summed E-state index contributed by atoms with van der Waals surface area (Å²) in [5.74, 6) is 0. The second-order valence-corrected chi connectivity index (χ2v) is 2.64. The van der Waals surface area contributed by atoms with Gasteiger partial charge in [-0.25, -0.2) is 0 Å². The number of benzene rings is 1. The van der Waals surface area contributed by atoms with Crippen molar-refractivity contribution in [2.24, 2.45) is 0 Å². The summed E-state index contributed by atoms with van der Waals surface area (Å²) in [4.78, 5) is 3.16. The molecule has 1 aromatic heterocycles. The summed E-state index contributed by atoms with van der Waals surface area (Å²) in [6.45, 7) is 3.54. The molecule has 1 heterocycles. The molecule has 12 heavy (non-hydrogen) atoms. The number of fused-ring (bicyclic) bond motifs is 1. The van der Waals surface area contributed by atoms with Gasteiger partial charge in [-0.15, -0.1) is 5.73 Å². The van der Waals surface area contributed by atoms with Crippen LogP contribution >= 0.6 is 0 Å². The van der Waals surface area contributed by atoms with Crippen LogP contribution < -0.4 is 0 Å². The predicted octanol–water partition coefficient (Wildman–Crippen LogP) is 2.97. The first kappa shape index (κ1) is 6.96. The zero-order valence-corrected chi connectivity index (χ0v) is 6.67. The summed E-state index contributed by atoms with van der Waals surface area (Å²) in [5, 5.41) is 2.44. The minimum atomic E-state index is 1.07. The number of rotatable bonds is 1. The zero-order valence-electron chi connectivity index (χ0n) is 6.67. The Balaban J connectivity index is 2.78. The molecular formula is C11H9N. The molecule has 58 valence electrons. The molecule has 2 aromatic rings. The number of H-pyrrole nitrogens is 1. The maximum atomic E-state index is 3.54. The number of aromatic nitrogens is 1. The van der Waals surface area contributed by atoms with Crippen LogP contribution in [-0.4, -0.2) is 4.98 Å². The molecule has 0 amide bonds. The molecule has 0 spiro atoms. The summed E-state index contributed by atoms with van der Waals surface area (Å²) in [6.07, 6.45) is 3.83. The highest BCUT2D eigenvalue weighted by Gasteiger charge is 1.96. The van der Waals surface area contributed by atoms with Crippen molar-refractivity contribution in [2.75, 3.05) is 0 Å². The van der Waals surface area contributed by atoms with E-state index in [2.05, 4.69) is 29.4 Å². The van der Waals surface area contributed by atoms with Gasteiger partial charge in [0.05, 0.1) is 5.69 Å². The van der Waals surface area contributed by atoms with Gasteiger partial charge < -0.3 is 4.98 Å². The SMILES string of the molecule is C=C=Cc1[nH]cc2ccccc12. The minimum absolute atomic E-state index is 1.07. The van der Waals surface area contributed by atoms with Crippen LogP contribution in [0.2, 0.25) is 0 Å². The van der Waals surface area contributed by atoms with Crippen molar-refractivity contribution >= 4 is 16.8 Å². The van der Waals surface area contributed by atoms with Gasteiger partial charge in [0.1, 0.15) is 0 Å². The summed E-state index contributed by atoms with van der Waals surface area (Å²) in [6, 6.07) is 8.20. The summed E-state index contributed by atoms with van der Waals surface area (Å²) >= 11 is 0. The predicted molar refractivity (Wildman–Crippen MR) is 51.9 cm³/mol. The van der Waals surface area contributed by atoms with Gasteiger partial charge in [0, 0.05) is 17.7 Å². The largest absolute Gasteiger partial charge is 0.360 e. The van der Waals surface area contributed by atoms with Crippen LogP contribution in [0.5, 0.6) is 0 Å².